The lowest BCUT2D eigenvalue weighted by molar-refractivity contribution is 0.188. The van der Waals surface area contributed by atoms with Crippen LogP contribution >= 0.6 is 11.6 Å². The Morgan fingerprint density at radius 2 is 2.29 bits per heavy atom. The summed E-state index contributed by atoms with van der Waals surface area (Å²) in [6.07, 6.45) is 0. The molecule has 0 aliphatic carbocycles. The summed E-state index contributed by atoms with van der Waals surface area (Å²) in [5, 5.41) is 9.83. The first-order valence-electron chi connectivity index (χ1n) is 5.06. The lowest BCUT2D eigenvalue weighted by Gasteiger charge is -2.06. The highest BCUT2D eigenvalue weighted by Gasteiger charge is 2.17. The number of halogens is 2. The molecule has 0 aliphatic heterocycles. The number of nitriles is 1. The topological polar surface area (TPSA) is 38.0 Å². The van der Waals surface area contributed by atoms with Crippen molar-refractivity contribution in [3.8, 4) is 6.07 Å². The van der Waals surface area contributed by atoms with Gasteiger partial charge in [0, 0.05) is 19.0 Å². The van der Waals surface area contributed by atoms with Gasteiger partial charge in [0.25, 0.3) is 0 Å². The molecule has 3 nitrogen and oxygen atoms in total. The number of methoxy groups -OCH3 is 1. The van der Waals surface area contributed by atoms with Gasteiger partial charge in [-0.05, 0) is 6.07 Å². The monoisotopic (exact) mass is 252 g/mol. The van der Waals surface area contributed by atoms with Crippen molar-refractivity contribution in [2.24, 2.45) is 0 Å². The number of hydrogen-bond donors (Lipinski definition) is 0. The third-order valence-corrected chi connectivity index (χ3v) is 2.99. The van der Waals surface area contributed by atoms with Crippen molar-refractivity contribution >= 4 is 22.5 Å². The van der Waals surface area contributed by atoms with E-state index in [9.17, 15) is 4.39 Å². The van der Waals surface area contributed by atoms with E-state index in [1.807, 2.05) is 6.07 Å². The molecule has 88 valence electrons. The molecule has 2 aromatic rings. The molecule has 1 aromatic carbocycles. The van der Waals surface area contributed by atoms with E-state index in [2.05, 4.69) is 0 Å². The summed E-state index contributed by atoms with van der Waals surface area (Å²) in [6, 6.07) is 6.60. The Hall–Kier alpha value is -1.57. The quantitative estimate of drug-likeness (QED) is 0.842. The lowest BCUT2D eigenvalue weighted by atomic mass is 10.2. The summed E-state index contributed by atoms with van der Waals surface area (Å²) in [4.78, 5) is 0. The summed E-state index contributed by atoms with van der Waals surface area (Å²) in [7, 11) is 1.56. The zero-order valence-corrected chi connectivity index (χ0v) is 9.96. The number of nitrogens with zero attached hydrogens (tertiary/aromatic N) is 2. The molecule has 2 rings (SSSR count). The van der Waals surface area contributed by atoms with Crippen LogP contribution in [0.15, 0.2) is 18.2 Å². The zero-order chi connectivity index (χ0) is 12.4. The van der Waals surface area contributed by atoms with Crippen LogP contribution in [0.2, 0.25) is 5.15 Å². The van der Waals surface area contributed by atoms with Crippen LogP contribution in [0.4, 0.5) is 4.39 Å². The highest BCUT2D eigenvalue weighted by atomic mass is 35.5. The molecule has 0 spiro atoms. The number of hydrogen-bond acceptors (Lipinski definition) is 2. The van der Waals surface area contributed by atoms with Gasteiger partial charge in [0.15, 0.2) is 0 Å². The Morgan fingerprint density at radius 3 is 2.94 bits per heavy atom. The molecule has 1 aromatic heterocycles. The van der Waals surface area contributed by atoms with Crippen molar-refractivity contribution < 1.29 is 9.13 Å². The van der Waals surface area contributed by atoms with E-state index in [0.717, 1.165) is 0 Å². The maximum absolute atomic E-state index is 13.8. The fourth-order valence-electron chi connectivity index (χ4n) is 1.83. The molecule has 1 heterocycles. The van der Waals surface area contributed by atoms with Crippen molar-refractivity contribution in [3.05, 3.63) is 34.7 Å². The maximum Gasteiger partial charge on any atom is 0.147 e. The van der Waals surface area contributed by atoms with E-state index in [1.165, 1.54) is 6.07 Å². The summed E-state index contributed by atoms with van der Waals surface area (Å²) < 4.78 is 20.3. The van der Waals surface area contributed by atoms with Crippen molar-refractivity contribution in [3.63, 3.8) is 0 Å². The van der Waals surface area contributed by atoms with E-state index < -0.39 is 0 Å². The maximum atomic E-state index is 13.8. The van der Waals surface area contributed by atoms with Crippen LogP contribution in [-0.4, -0.2) is 18.3 Å². The third kappa shape index (κ3) is 1.88. The van der Waals surface area contributed by atoms with Gasteiger partial charge in [0.2, 0.25) is 0 Å². The van der Waals surface area contributed by atoms with Crippen LogP contribution in [0.3, 0.4) is 0 Å². The molecule has 17 heavy (non-hydrogen) atoms. The molecule has 0 N–H and O–H groups in total. The van der Waals surface area contributed by atoms with Crippen LogP contribution in [0, 0.1) is 17.1 Å². The van der Waals surface area contributed by atoms with Crippen molar-refractivity contribution in [2.75, 3.05) is 13.7 Å². The Morgan fingerprint density at radius 1 is 1.53 bits per heavy atom. The van der Waals surface area contributed by atoms with Gasteiger partial charge in [-0.2, -0.15) is 5.26 Å². The Bertz CT molecular complexity index is 601. The SMILES string of the molecule is COCCn1c(Cl)c(C#N)c2cccc(F)c21. The van der Waals surface area contributed by atoms with Gasteiger partial charge in [-0.25, -0.2) is 4.39 Å². The molecular weight excluding hydrogens is 243 g/mol. The van der Waals surface area contributed by atoms with E-state index >= 15 is 0 Å². The van der Waals surface area contributed by atoms with Gasteiger partial charge in [-0.1, -0.05) is 23.7 Å². The molecule has 0 aliphatic rings. The predicted octanol–water partition coefficient (Wildman–Crippen LogP) is 2.95. The minimum Gasteiger partial charge on any atom is -0.383 e. The summed E-state index contributed by atoms with van der Waals surface area (Å²) >= 11 is 6.08. The predicted molar refractivity (Wildman–Crippen MR) is 63.5 cm³/mol. The molecule has 0 saturated heterocycles. The van der Waals surface area contributed by atoms with Crippen molar-refractivity contribution in [1.82, 2.24) is 4.57 Å². The van der Waals surface area contributed by atoms with Crippen LogP contribution in [0.25, 0.3) is 10.9 Å². The van der Waals surface area contributed by atoms with Crippen LogP contribution in [-0.2, 0) is 11.3 Å². The fraction of sp³-hybridized carbons (Fsp3) is 0.250. The molecule has 0 unspecified atom stereocenters. The number of fused-ring (bicyclic) bond motifs is 1. The van der Waals surface area contributed by atoms with Crippen molar-refractivity contribution in [2.45, 2.75) is 6.54 Å². The molecule has 0 radical (unpaired) electrons. The first kappa shape index (κ1) is 11.9. The summed E-state index contributed by atoms with van der Waals surface area (Å²) in [5.74, 6) is -0.387. The fourth-order valence-corrected chi connectivity index (χ4v) is 2.15. The lowest BCUT2D eigenvalue weighted by Crippen LogP contribution is -2.04. The molecule has 0 saturated carbocycles. The second-order valence-corrected chi connectivity index (χ2v) is 3.92. The Balaban J connectivity index is 2.73. The molecule has 0 fully saturated rings. The molecule has 0 amide bonds. The Labute approximate surface area is 103 Å². The highest BCUT2D eigenvalue weighted by molar-refractivity contribution is 6.32. The largest absolute Gasteiger partial charge is 0.383 e. The molecule has 0 bridgehead atoms. The van der Waals surface area contributed by atoms with Crippen LogP contribution in [0.5, 0.6) is 0 Å². The van der Waals surface area contributed by atoms with Gasteiger partial charge in [0.05, 0.1) is 17.7 Å². The van der Waals surface area contributed by atoms with Crippen molar-refractivity contribution in [1.29, 1.82) is 5.26 Å². The van der Waals surface area contributed by atoms with E-state index in [1.54, 1.807) is 23.8 Å². The van der Waals surface area contributed by atoms with Gasteiger partial charge < -0.3 is 9.30 Å². The number of aromatic nitrogens is 1. The van der Waals surface area contributed by atoms with Crippen LogP contribution < -0.4 is 0 Å². The van der Waals surface area contributed by atoms with E-state index in [4.69, 9.17) is 21.6 Å². The number of rotatable bonds is 3. The van der Waals surface area contributed by atoms with Gasteiger partial charge >= 0.3 is 0 Å². The standard InChI is InChI=1S/C12H10ClFN2O/c1-17-6-5-16-11-8(3-2-4-10(11)14)9(7-15)12(16)13/h2-4H,5-6H2,1H3. The van der Waals surface area contributed by atoms with Crippen LogP contribution in [0.1, 0.15) is 5.56 Å². The minimum absolute atomic E-state index is 0.254. The number of benzene rings is 1. The summed E-state index contributed by atoms with van der Waals surface area (Å²) in [6.45, 7) is 0.817. The first-order chi connectivity index (χ1) is 8.20. The molecule has 0 atom stereocenters. The Kier molecular flexibility index (Phi) is 3.32. The molecule has 5 heteroatoms. The molecular formula is C12H10ClFN2O. The minimum atomic E-state index is -0.387. The van der Waals surface area contributed by atoms with Gasteiger partial charge in [-0.3, -0.25) is 0 Å². The number of ether oxygens (including phenoxy) is 1. The van der Waals surface area contributed by atoms with Gasteiger partial charge in [0.1, 0.15) is 17.0 Å². The van der Waals surface area contributed by atoms with E-state index in [-0.39, 0.29) is 11.0 Å². The average molecular weight is 253 g/mol. The zero-order valence-electron chi connectivity index (χ0n) is 9.20. The van der Waals surface area contributed by atoms with E-state index in [0.29, 0.717) is 29.6 Å². The normalized spacial score (nSPS) is 10.7. The highest BCUT2D eigenvalue weighted by Crippen LogP contribution is 2.30. The second-order valence-electron chi connectivity index (χ2n) is 3.56. The third-order valence-electron chi connectivity index (χ3n) is 2.60. The summed E-state index contributed by atoms with van der Waals surface area (Å²) in [5.41, 5.74) is 0.656. The average Bonchev–Trinajstić information content (AvgIpc) is 2.60. The smallest absolute Gasteiger partial charge is 0.147 e. The second kappa shape index (κ2) is 4.74. The van der Waals surface area contributed by atoms with Gasteiger partial charge in [-0.15, -0.1) is 0 Å². The number of para-hydroxylation sites is 1. The first-order valence-corrected chi connectivity index (χ1v) is 5.43.